The van der Waals surface area contributed by atoms with Gasteiger partial charge in [0.1, 0.15) is 0 Å². The summed E-state index contributed by atoms with van der Waals surface area (Å²) >= 11 is 0. The zero-order valence-corrected chi connectivity index (χ0v) is 6.30. The van der Waals surface area contributed by atoms with Crippen molar-refractivity contribution in [1.82, 2.24) is 0 Å². The molecule has 0 aromatic heterocycles. The number of rotatable bonds is 0. The first-order chi connectivity index (χ1) is 3.73. The van der Waals surface area contributed by atoms with Crippen LogP contribution in [0.25, 0.3) is 0 Å². The van der Waals surface area contributed by atoms with Gasteiger partial charge in [-0.2, -0.15) is 0 Å². The van der Waals surface area contributed by atoms with Crippen LogP contribution >= 0.6 is 0 Å². The molecule has 0 saturated heterocycles. The van der Waals surface area contributed by atoms with Crippen LogP contribution in [-0.2, 0) is 27.2 Å². The zero-order valence-electron chi connectivity index (χ0n) is 4.44. The minimum Gasteiger partial charge on any atom is -0.759 e. The van der Waals surface area contributed by atoms with Crippen molar-refractivity contribution in [1.29, 1.82) is 0 Å². The van der Waals surface area contributed by atoms with Crippen molar-refractivity contribution in [2.75, 3.05) is 0 Å². The Morgan fingerprint density at radius 1 is 1.20 bits per heavy atom. The summed E-state index contributed by atoms with van der Waals surface area (Å²) in [7, 11) is -5.17. The van der Waals surface area contributed by atoms with Gasteiger partial charge >= 0.3 is 22.8 Å². The van der Waals surface area contributed by atoms with Gasteiger partial charge in [-0.15, -0.1) is 0 Å². The molecular formula is CH4CoN2O5S. The summed E-state index contributed by atoms with van der Waals surface area (Å²) in [6, 6.07) is -0.833. The van der Waals surface area contributed by atoms with Crippen molar-refractivity contribution in [2.45, 2.75) is 0 Å². The molecule has 0 saturated carbocycles. The van der Waals surface area contributed by atoms with Crippen LogP contribution in [0, 0.1) is 0 Å². The minimum atomic E-state index is -5.17. The average molecular weight is 215 g/mol. The smallest absolute Gasteiger partial charge is 0.759 e. The second-order valence-corrected chi connectivity index (χ2v) is 1.63. The second kappa shape index (κ2) is 6.76. The van der Waals surface area contributed by atoms with E-state index in [2.05, 4.69) is 11.5 Å². The third-order valence-corrected chi connectivity index (χ3v) is 0. The van der Waals surface area contributed by atoms with Crippen molar-refractivity contribution in [3.8, 4) is 0 Å². The molecule has 0 aromatic rings. The first kappa shape index (κ1) is 16.3. The van der Waals surface area contributed by atoms with Crippen LogP contribution in [0.15, 0.2) is 0 Å². The van der Waals surface area contributed by atoms with E-state index in [1.54, 1.807) is 0 Å². The molecule has 0 heterocycles. The number of primary amides is 2. The van der Waals surface area contributed by atoms with Crippen LogP contribution < -0.4 is 11.5 Å². The molecule has 0 fully saturated rings. The summed E-state index contributed by atoms with van der Waals surface area (Å²) in [5.41, 5.74) is 8.50. The summed E-state index contributed by atoms with van der Waals surface area (Å²) in [4.78, 5) is 9.00. The Hall–Kier alpha value is -0.354. The van der Waals surface area contributed by atoms with Crippen molar-refractivity contribution < 1.29 is 39.1 Å². The standard InChI is InChI=1S/CH4N2O.Co.H2O4S/c2-1(3)4;;1-5(2,3)4/h(H4,2,3,4);;(H2,1,2,3,4)/q;+2;/p-2. The third-order valence-electron chi connectivity index (χ3n) is 0. The first-order valence-corrected chi connectivity index (χ1v) is 2.78. The van der Waals surface area contributed by atoms with E-state index in [1.807, 2.05) is 0 Å². The Kier molecular flexibility index (Phi) is 11.0. The van der Waals surface area contributed by atoms with Crippen molar-refractivity contribution in [3.05, 3.63) is 0 Å². The van der Waals surface area contributed by atoms with Crippen LogP contribution in [-0.4, -0.2) is 23.6 Å². The average Bonchev–Trinajstić information content (AvgIpc) is 1.19. The summed E-state index contributed by atoms with van der Waals surface area (Å²) in [5.74, 6) is 0. The Morgan fingerprint density at radius 2 is 1.20 bits per heavy atom. The van der Waals surface area contributed by atoms with Gasteiger partial charge in [0, 0.05) is 10.4 Å². The third kappa shape index (κ3) is 2700. The molecule has 0 atom stereocenters. The molecule has 9 heteroatoms. The van der Waals surface area contributed by atoms with E-state index in [0.717, 1.165) is 0 Å². The molecule has 2 amide bonds. The van der Waals surface area contributed by atoms with Crippen molar-refractivity contribution >= 4 is 16.4 Å². The molecule has 0 aromatic carbocycles. The largest absolute Gasteiger partial charge is 2.00 e. The number of amides is 2. The number of hydrogen-bond acceptors (Lipinski definition) is 5. The van der Waals surface area contributed by atoms with Gasteiger partial charge in [-0.05, 0) is 0 Å². The molecular weight excluding hydrogens is 211 g/mol. The zero-order chi connectivity index (χ0) is 8.08. The summed E-state index contributed by atoms with van der Waals surface area (Å²) < 4.78 is 34.1. The monoisotopic (exact) mass is 215 g/mol. The molecule has 1 radical (unpaired) electrons. The number of urea groups is 1. The molecule has 0 spiro atoms. The molecule has 0 rings (SSSR count). The quantitative estimate of drug-likeness (QED) is 0.343. The van der Waals surface area contributed by atoms with E-state index in [9.17, 15) is 0 Å². The van der Waals surface area contributed by atoms with E-state index in [4.69, 9.17) is 22.3 Å². The summed E-state index contributed by atoms with van der Waals surface area (Å²) in [6.45, 7) is 0. The predicted molar refractivity (Wildman–Crippen MR) is 24.2 cm³/mol. The second-order valence-electron chi connectivity index (χ2n) is 0.811. The van der Waals surface area contributed by atoms with Crippen molar-refractivity contribution in [3.63, 3.8) is 0 Å². The van der Waals surface area contributed by atoms with Gasteiger partial charge in [-0.3, -0.25) is 8.42 Å². The Morgan fingerprint density at radius 3 is 1.20 bits per heavy atom. The van der Waals surface area contributed by atoms with E-state index >= 15 is 0 Å². The fourth-order valence-corrected chi connectivity index (χ4v) is 0. The maximum Gasteiger partial charge on any atom is 2.00 e. The maximum absolute atomic E-state index is 9.00. The molecule has 0 unspecified atom stereocenters. The number of carbonyl (C=O) groups is 1. The Balaban J connectivity index is -0.0000000910. The van der Waals surface area contributed by atoms with E-state index in [1.165, 1.54) is 0 Å². The normalized spacial score (nSPS) is 8.20. The molecule has 4 N–H and O–H groups in total. The Labute approximate surface area is 67.5 Å². The van der Waals surface area contributed by atoms with Crippen molar-refractivity contribution in [2.24, 2.45) is 11.5 Å². The molecule has 0 aliphatic carbocycles. The van der Waals surface area contributed by atoms with Gasteiger partial charge in [0.25, 0.3) is 0 Å². The van der Waals surface area contributed by atoms with Gasteiger partial charge in [-0.25, -0.2) is 4.79 Å². The maximum atomic E-state index is 9.00. The summed E-state index contributed by atoms with van der Waals surface area (Å²) in [6.07, 6.45) is 0. The van der Waals surface area contributed by atoms with E-state index < -0.39 is 16.4 Å². The molecule has 0 aliphatic rings. The van der Waals surface area contributed by atoms with Gasteiger partial charge in [-0.1, -0.05) is 0 Å². The SMILES string of the molecule is NC(N)=O.O=S(=O)([O-])[O-].[Co+2]. The fourth-order valence-electron chi connectivity index (χ4n) is 0. The summed E-state index contributed by atoms with van der Waals surface area (Å²) in [5, 5.41) is 0. The molecule has 0 bridgehead atoms. The van der Waals surface area contributed by atoms with Crippen LogP contribution in [0.5, 0.6) is 0 Å². The molecule has 0 aliphatic heterocycles. The van der Waals surface area contributed by atoms with E-state index in [0.29, 0.717) is 0 Å². The number of nitrogens with two attached hydrogens (primary N) is 2. The van der Waals surface area contributed by atoms with Gasteiger partial charge in [0.15, 0.2) is 0 Å². The number of carbonyl (C=O) groups excluding carboxylic acids is 1. The van der Waals surface area contributed by atoms with Crippen LogP contribution in [0.2, 0.25) is 0 Å². The first-order valence-electron chi connectivity index (χ1n) is 1.45. The minimum absolute atomic E-state index is 0. The van der Waals surface area contributed by atoms with Crippen LogP contribution in [0.3, 0.4) is 0 Å². The van der Waals surface area contributed by atoms with Crippen LogP contribution in [0.1, 0.15) is 0 Å². The molecule has 63 valence electrons. The van der Waals surface area contributed by atoms with Gasteiger partial charge in [0.05, 0.1) is 0 Å². The molecule has 10 heavy (non-hydrogen) atoms. The molecule has 7 nitrogen and oxygen atoms in total. The fraction of sp³-hybridized carbons (Fsp3) is 0. The topological polar surface area (TPSA) is 149 Å². The van der Waals surface area contributed by atoms with E-state index in [-0.39, 0.29) is 16.8 Å². The van der Waals surface area contributed by atoms with Gasteiger partial charge < -0.3 is 20.6 Å². The van der Waals surface area contributed by atoms with Gasteiger partial charge in [0.2, 0.25) is 0 Å². The Bertz CT molecular complexity index is 162. The number of hydrogen-bond donors (Lipinski definition) is 2. The predicted octanol–water partition coefficient (Wildman–Crippen LogP) is -2.32. The van der Waals surface area contributed by atoms with Crippen LogP contribution in [0.4, 0.5) is 4.79 Å².